The zero-order valence-electron chi connectivity index (χ0n) is 15.1. The number of aromatic nitrogens is 1. The number of likely N-dealkylation sites (N-methyl/N-ethyl adjacent to an activating group) is 1. The number of nitrogens with zero attached hydrogens (tertiary/aromatic N) is 3. The van der Waals surface area contributed by atoms with Crippen molar-refractivity contribution in [2.24, 2.45) is 0 Å². The number of carbonyl (C=O) groups is 1. The SMILES string of the molecule is CCN(CC)S(=O)(=O)c1ccc(=O)n(CC(=O)N(C)c2ccccc2)c1. The van der Waals surface area contributed by atoms with E-state index < -0.39 is 15.6 Å². The molecule has 0 aliphatic rings. The lowest BCUT2D eigenvalue weighted by Crippen LogP contribution is -2.35. The third-order valence-electron chi connectivity index (χ3n) is 4.12. The smallest absolute Gasteiger partial charge is 0.251 e. The molecule has 2 aromatic rings. The average Bonchev–Trinajstić information content (AvgIpc) is 2.64. The van der Waals surface area contributed by atoms with Crippen LogP contribution in [0.1, 0.15) is 13.8 Å². The number of pyridine rings is 1. The van der Waals surface area contributed by atoms with Crippen LogP contribution in [-0.4, -0.2) is 43.3 Å². The van der Waals surface area contributed by atoms with Crippen LogP contribution in [0.2, 0.25) is 0 Å². The van der Waals surface area contributed by atoms with Crippen molar-refractivity contribution < 1.29 is 13.2 Å². The number of hydrogen-bond acceptors (Lipinski definition) is 4. The van der Waals surface area contributed by atoms with E-state index in [0.29, 0.717) is 18.8 Å². The molecule has 0 spiro atoms. The summed E-state index contributed by atoms with van der Waals surface area (Å²) in [5, 5.41) is 0. The zero-order chi connectivity index (χ0) is 19.3. The third kappa shape index (κ3) is 4.20. The molecule has 8 heteroatoms. The Labute approximate surface area is 153 Å². The van der Waals surface area contributed by atoms with Gasteiger partial charge in [-0.3, -0.25) is 9.59 Å². The summed E-state index contributed by atoms with van der Waals surface area (Å²) in [5.74, 6) is -0.323. The Kier molecular flexibility index (Phi) is 6.33. The number of para-hydroxylation sites is 1. The summed E-state index contributed by atoms with van der Waals surface area (Å²) in [5.41, 5.74) is 0.260. The van der Waals surface area contributed by atoms with Gasteiger partial charge in [-0.05, 0) is 18.2 Å². The lowest BCUT2D eigenvalue weighted by molar-refractivity contribution is -0.118. The van der Waals surface area contributed by atoms with Crippen molar-refractivity contribution in [3.63, 3.8) is 0 Å². The van der Waals surface area contributed by atoms with Crippen molar-refractivity contribution in [1.29, 1.82) is 0 Å². The van der Waals surface area contributed by atoms with Crippen LogP contribution in [0.3, 0.4) is 0 Å². The van der Waals surface area contributed by atoms with Crippen LogP contribution in [0.25, 0.3) is 0 Å². The summed E-state index contributed by atoms with van der Waals surface area (Å²) < 4.78 is 27.7. The fourth-order valence-corrected chi connectivity index (χ4v) is 4.02. The zero-order valence-corrected chi connectivity index (χ0v) is 15.9. The number of benzene rings is 1. The highest BCUT2D eigenvalue weighted by Gasteiger charge is 2.23. The minimum absolute atomic E-state index is 0.00374. The van der Waals surface area contributed by atoms with Gasteiger partial charge < -0.3 is 9.47 Å². The Bertz CT molecular complexity index is 919. The Morgan fingerprint density at radius 2 is 1.65 bits per heavy atom. The van der Waals surface area contributed by atoms with E-state index in [9.17, 15) is 18.0 Å². The van der Waals surface area contributed by atoms with Crippen LogP contribution in [0.15, 0.2) is 58.4 Å². The summed E-state index contributed by atoms with van der Waals surface area (Å²) in [4.78, 5) is 26.0. The van der Waals surface area contributed by atoms with E-state index in [1.54, 1.807) is 33.0 Å². The molecule has 0 radical (unpaired) electrons. The maximum absolute atomic E-state index is 12.6. The molecule has 1 heterocycles. The molecule has 0 N–H and O–H groups in total. The van der Waals surface area contributed by atoms with Crippen molar-refractivity contribution in [3.8, 4) is 0 Å². The first-order valence-electron chi connectivity index (χ1n) is 8.33. The van der Waals surface area contributed by atoms with Crippen LogP contribution in [0, 0.1) is 0 Å². The molecule has 7 nitrogen and oxygen atoms in total. The van der Waals surface area contributed by atoms with Crippen LogP contribution < -0.4 is 10.5 Å². The summed E-state index contributed by atoms with van der Waals surface area (Å²) >= 11 is 0. The van der Waals surface area contributed by atoms with Crippen molar-refractivity contribution in [1.82, 2.24) is 8.87 Å². The second-order valence-electron chi connectivity index (χ2n) is 5.71. The normalized spacial score (nSPS) is 11.5. The van der Waals surface area contributed by atoms with Crippen molar-refractivity contribution in [2.75, 3.05) is 25.0 Å². The molecule has 1 aromatic carbocycles. The summed E-state index contributed by atoms with van der Waals surface area (Å²) in [6, 6.07) is 11.5. The maximum Gasteiger partial charge on any atom is 0.251 e. The van der Waals surface area contributed by atoms with Crippen molar-refractivity contribution in [2.45, 2.75) is 25.3 Å². The highest BCUT2D eigenvalue weighted by atomic mass is 32.2. The van der Waals surface area contributed by atoms with Gasteiger partial charge in [0.1, 0.15) is 6.54 Å². The Balaban J connectivity index is 2.31. The molecule has 0 unspecified atom stereocenters. The predicted octanol–water partition coefficient (Wildman–Crippen LogP) is 1.54. The quantitative estimate of drug-likeness (QED) is 0.733. The molecule has 0 saturated heterocycles. The number of sulfonamides is 1. The van der Waals surface area contributed by atoms with Gasteiger partial charge in [0.05, 0.1) is 4.90 Å². The molecule has 26 heavy (non-hydrogen) atoms. The number of amides is 1. The standard InChI is InChI=1S/C18H23N3O4S/c1-4-21(5-2)26(24,25)16-11-12-17(22)20(13-16)14-18(23)19(3)15-9-7-6-8-10-15/h6-13H,4-5,14H2,1-3H3. The molecule has 2 rings (SSSR count). The Hall–Kier alpha value is -2.45. The molecule has 1 aromatic heterocycles. The lowest BCUT2D eigenvalue weighted by Gasteiger charge is -2.20. The van der Waals surface area contributed by atoms with E-state index in [2.05, 4.69) is 0 Å². The molecule has 0 fully saturated rings. The molecule has 0 aliphatic heterocycles. The second-order valence-corrected chi connectivity index (χ2v) is 7.65. The van der Waals surface area contributed by atoms with E-state index in [0.717, 1.165) is 4.57 Å². The first-order valence-corrected chi connectivity index (χ1v) is 9.77. The highest BCUT2D eigenvalue weighted by molar-refractivity contribution is 7.89. The Morgan fingerprint density at radius 1 is 1.04 bits per heavy atom. The fraction of sp³-hybridized carbons (Fsp3) is 0.333. The third-order valence-corrected chi connectivity index (χ3v) is 6.16. The number of hydrogen-bond donors (Lipinski definition) is 0. The first kappa shape index (κ1) is 19.9. The van der Waals surface area contributed by atoms with Gasteiger partial charge in [-0.1, -0.05) is 32.0 Å². The van der Waals surface area contributed by atoms with Gasteiger partial charge >= 0.3 is 0 Å². The van der Waals surface area contributed by atoms with Gasteiger partial charge in [0.2, 0.25) is 15.9 Å². The lowest BCUT2D eigenvalue weighted by atomic mass is 10.3. The molecule has 0 saturated carbocycles. The fourth-order valence-electron chi connectivity index (χ4n) is 2.55. The van der Waals surface area contributed by atoms with Crippen LogP contribution >= 0.6 is 0 Å². The van der Waals surface area contributed by atoms with E-state index in [4.69, 9.17) is 0 Å². The summed E-state index contributed by atoms with van der Waals surface area (Å²) in [6.45, 7) is 3.90. The van der Waals surface area contributed by atoms with E-state index in [-0.39, 0.29) is 17.3 Å². The average molecular weight is 377 g/mol. The van der Waals surface area contributed by atoms with Gasteiger partial charge in [-0.25, -0.2) is 8.42 Å². The number of rotatable bonds is 7. The molecule has 1 amide bonds. The van der Waals surface area contributed by atoms with E-state index in [1.807, 2.05) is 18.2 Å². The first-order chi connectivity index (χ1) is 12.3. The largest absolute Gasteiger partial charge is 0.314 e. The topological polar surface area (TPSA) is 79.7 Å². The van der Waals surface area contributed by atoms with E-state index >= 15 is 0 Å². The molecular formula is C18H23N3O4S. The predicted molar refractivity (Wildman–Crippen MR) is 101 cm³/mol. The highest BCUT2D eigenvalue weighted by Crippen LogP contribution is 2.15. The van der Waals surface area contributed by atoms with Crippen molar-refractivity contribution in [3.05, 3.63) is 59.0 Å². The van der Waals surface area contributed by atoms with Gasteiger partial charge in [-0.15, -0.1) is 0 Å². The molecule has 0 bridgehead atoms. The molecule has 0 atom stereocenters. The van der Waals surface area contributed by atoms with Gasteiger partial charge in [0.25, 0.3) is 5.56 Å². The minimum Gasteiger partial charge on any atom is -0.314 e. The van der Waals surface area contributed by atoms with Gasteiger partial charge in [-0.2, -0.15) is 4.31 Å². The summed E-state index contributed by atoms with van der Waals surface area (Å²) in [7, 11) is -2.09. The molecule has 0 aliphatic carbocycles. The van der Waals surface area contributed by atoms with Crippen molar-refractivity contribution >= 4 is 21.6 Å². The monoisotopic (exact) mass is 377 g/mol. The van der Waals surface area contributed by atoms with Crippen LogP contribution in [0.4, 0.5) is 5.69 Å². The van der Waals surface area contributed by atoms with Crippen LogP contribution in [0.5, 0.6) is 0 Å². The second kappa shape index (κ2) is 8.29. The summed E-state index contributed by atoms with van der Waals surface area (Å²) in [6.07, 6.45) is 1.23. The molecule has 140 valence electrons. The Morgan fingerprint density at radius 3 is 2.23 bits per heavy atom. The minimum atomic E-state index is -3.70. The van der Waals surface area contributed by atoms with Crippen LogP contribution in [-0.2, 0) is 21.4 Å². The molecular weight excluding hydrogens is 354 g/mol. The van der Waals surface area contributed by atoms with E-state index in [1.165, 1.54) is 27.5 Å². The van der Waals surface area contributed by atoms with Gasteiger partial charge in [0, 0.05) is 38.1 Å². The number of carbonyl (C=O) groups excluding carboxylic acids is 1. The maximum atomic E-state index is 12.6. The number of anilines is 1. The van der Waals surface area contributed by atoms with Gasteiger partial charge in [0.15, 0.2) is 0 Å².